The Kier molecular flexibility index (Phi) is 5.40. The van der Waals surface area contributed by atoms with Crippen LogP contribution in [0.15, 0.2) is 48.5 Å². The van der Waals surface area contributed by atoms with Crippen LogP contribution in [-0.4, -0.2) is 40.2 Å². The third-order valence-electron chi connectivity index (χ3n) is 3.11. The van der Waals surface area contributed by atoms with Gasteiger partial charge in [-0.15, -0.1) is 0 Å². The van der Waals surface area contributed by atoms with Gasteiger partial charge in [0.05, 0.1) is 11.5 Å². The lowest BCUT2D eigenvalue weighted by Crippen LogP contribution is -2.21. The van der Waals surface area contributed by atoms with Gasteiger partial charge >= 0.3 is 0 Å². The van der Waals surface area contributed by atoms with E-state index in [0.717, 1.165) is 0 Å². The van der Waals surface area contributed by atoms with Crippen molar-refractivity contribution in [3.63, 3.8) is 0 Å². The van der Waals surface area contributed by atoms with Gasteiger partial charge in [0.25, 0.3) is 5.69 Å². The number of nitro benzene ring substituents is 1. The second-order valence-electron chi connectivity index (χ2n) is 4.80. The summed E-state index contributed by atoms with van der Waals surface area (Å²) in [5.41, 5.74) is 0.682. The normalized spacial score (nSPS) is 11.7. The number of hydrogen-bond donors (Lipinski definition) is 2. The van der Waals surface area contributed by atoms with E-state index >= 15 is 0 Å². The summed E-state index contributed by atoms with van der Waals surface area (Å²) in [6, 6.07) is 11.6. The lowest BCUT2D eigenvalue weighted by molar-refractivity contribution is -0.384. The third-order valence-corrected chi connectivity index (χ3v) is 3.11. The second-order valence-corrected chi connectivity index (χ2v) is 4.80. The first kappa shape index (κ1) is 16.6. The number of hydrogen-bond acceptors (Lipinski definition) is 6. The fourth-order valence-electron chi connectivity index (χ4n) is 1.85. The number of nitrogens with zero attached hydrogens (tertiary/aromatic N) is 1. The summed E-state index contributed by atoms with van der Waals surface area (Å²) in [6.07, 6.45) is -0.962. The maximum atomic E-state index is 12.3. The van der Waals surface area contributed by atoms with E-state index in [-0.39, 0.29) is 18.1 Å². The summed E-state index contributed by atoms with van der Waals surface area (Å²) < 4.78 is 5.24. The first-order valence-corrected chi connectivity index (χ1v) is 6.82. The van der Waals surface area contributed by atoms with E-state index in [1.807, 2.05) is 0 Å². The van der Waals surface area contributed by atoms with Crippen LogP contribution in [0.3, 0.4) is 0 Å². The highest BCUT2D eigenvalue weighted by Crippen LogP contribution is 2.18. The Morgan fingerprint density at radius 2 is 1.61 bits per heavy atom. The van der Waals surface area contributed by atoms with Crippen molar-refractivity contribution in [2.45, 2.75) is 6.10 Å². The number of ketones is 1. The summed E-state index contributed by atoms with van der Waals surface area (Å²) in [6.45, 7) is -0.442. The van der Waals surface area contributed by atoms with Crippen molar-refractivity contribution in [1.29, 1.82) is 0 Å². The smallest absolute Gasteiger partial charge is 0.269 e. The number of carbonyl (C=O) groups excluding carboxylic acids is 1. The van der Waals surface area contributed by atoms with Crippen LogP contribution in [0.4, 0.5) is 5.69 Å². The number of aliphatic hydroxyl groups is 2. The number of aliphatic hydroxyl groups excluding tert-OH is 2. The number of non-ortho nitro benzene ring substituents is 1. The Morgan fingerprint density at radius 1 is 1.09 bits per heavy atom. The summed E-state index contributed by atoms with van der Waals surface area (Å²) in [4.78, 5) is 22.3. The molecule has 0 aliphatic carbocycles. The maximum Gasteiger partial charge on any atom is 0.269 e. The fourth-order valence-corrected chi connectivity index (χ4v) is 1.85. The maximum absolute atomic E-state index is 12.3. The number of nitro groups is 1. The van der Waals surface area contributed by atoms with Crippen LogP contribution >= 0.6 is 0 Å². The van der Waals surface area contributed by atoms with Crippen LogP contribution in [0.2, 0.25) is 0 Å². The van der Waals surface area contributed by atoms with Crippen LogP contribution in [0.5, 0.6) is 5.75 Å². The van der Waals surface area contributed by atoms with Crippen molar-refractivity contribution < 1.29 is 24.7 Å². The predicted molar refractivity (Wildman–Crippen MR) is 81.6 cm³/mol. The molecule has 0 fully saturated rings. The molecule has 0 aromatic heterocycles. The van der Waals surface area contributed by atoms with Gasteiger partial charge in [-0.2, -0.15) is 0 Å². The molecule has 0 saturated carbocycles. The molecule has 2 aromatic carbocycles. The van der Waals surface area contributed by atoms with E-state index < -0.39 is 17.6 Å². The van der Waals surface area contributed by atoms with Gasteiger partial charge in [-0.05, 0) is 36.4 Å². The van der Waals surface area contributed by atoms with E-state index in [0.29, 0.717) is 16.9 Å². The Hall–Kier alpha value is -2.77. The van der Waals surface area contributed by atoms with E-state index in [4.69, 9.17) is 9.84 Å². The average molecular weight is 317 g/mol. The quantitative estimate of drug-likeness (QED) is 0.455. The van der Waals surface area contributed by atoms with Gasteiger partial charge in [0, 0.05) is 23.3 Å². The van der Waals surface area contributed by atoms with Gasteiger partial charge in [0.15, 0.2) is 5.78 Å². The van der Waals surface area contributed by atoms with Gasteiger partial charge in [0.1, 0.15) is 18.5 Å². The highest BCUT2D eigenvalue weighted by Gasteiger charge is 2.12. The molecule has 2 N–H and O–H groups in total. The van der Waals surface area contributed by atoms with Crippen LogP contribution in [0.25, 0.3) is 0 Å². The van der Waals surface area contributed by atoms with Crippen LogP contribution in [-0.2, 0) is 0 Å². The van der Waals surface area contributed by atoms with E-state index in [9.17, 15) is 20.0 Å². The van der Waals surface area contributed by atoms with Crippen LogP contribution < -0.4 is 4.74 Å². The van der Waals surface area contributed by atoms with Gasteiger partial charge in [-0.1, -0.05) is 0 Å². The molecule has 0 heterocycles. The molecule has 0 radical (unpaired) electrons. The molecule has 1 atom stereocenters. The molecule has 1 unspecified atom stereocenters. The van der Waals surface area contributed by atoms with Gasteiger partial charge in [-0.25, -0.2) is 0 Å². The largest absolute Gasteiger partial charge is 0.491 e. The SMILES string of the molecule is O=C(c1ccc(OCC(O)CO)cc1)c1ccc([N+](=O)[O-])cc1. The van der Waals surface area contributed by atoms with Crippen LogP contribution in [0.1, 0.15) is 15.9 Å². The van der Waals surface area contributed by atoms with E-state index in [1.165, 1.54) is 24.3 Å². The molecule has 0 amide bonds. The molecule has 0 spiro atoms. The number of rotatable bonds is 7. The lowest BCUT2D eigenvalue weighted by atomic mass is 10.0. The minimum Gasteiger partial charge on any atom is -0.491 e. The molecule has 0 aliphatic heterocycles. The first-order chi connectivity index (χ1) is 11.0. The summed E-state index contributed by atoms with van der Waals surface area (Å²) in [5, 5.41) is 28.5. The molecule has 0 bridgehead atoms. The minimum absolute atomic E-state index is 0.0495. The Morgan fingerprint density at radius 3 is 2.09 bits per heavy atom. The van der Waals surface area contributed by atoms with Crippen LogP contribution in [0, 0.1) is 10.1 Å². The molecule has 2 aromatic rings. The van der Waals surface area contributed by atoms with E-state index in [2.05, 4.69) is 0 Å². The summed E-state index contributed by atoms with van der Waals surface area (Å²) in [7, 11) is 0. The molecular weight excluding hydrogens is 302 g/mol. The second kappa shape index (κ2) is 7.48. The van der Waals surface area contributed by atoms with Gasteiger partial charge in [0.2, 0.25) is 0 Å². The van der Waals surface area contributed by atoms with Gasteiger partial charge < -0.3 is 14.9 Å². The molecule has 7 heteroatoms. The third kappa shape index (κ3) is 4.35. The Labute approximate surface area is 131 Å². The predicted octanol–water partition coefficient (Wildman–Crippen LogP) is 1.56. The topological polar surface area (TPSA) is 110 Å². The monoisotopic (exact) mass is 317 g/mol. The van der Waals surface area contributed by atoms with Crippen molar-refractivity contribution in [3.8, 4) is 5.75 Å². The number of carbonyl (C=O) groups is 1. The van der Waals surface area contributed by atoms with Crippen molar-refractivity contribution in [1.82, 2.24) is 0 Å². The van der Waals surface area contributed by atoms with Crippen molar-refractivity contribution >= 4 is 11.5 Å². The minimum atomic E-state index is -0.962. The molecule has 23 heavy (non-hydrogen) atoms. The Bertz CT molecular complexity index is 681. The van der Waals surface area contributed by atoms with Crippen molar-refractivity contribution in [3.05, 3.63) is 69.8 Å². The standard InChI is InChI=1S/C16H15NO6/c18-9-14(19)10-23-15-7-3-12(4-8-15)16(20)11-1-5-13(6-2-11)17(21)22/h1-8,14,18-19H,9-10H2. The molecule has 0 aliphatic rings. The average Bonchev–Trinajstić information content (AvgIpc) is 2.59. The molecular formula is C16H15NO6. The van der Waals surface area contributed by atoms with Crippen molar-refractivity contribution in [2.24, 2.45) is 0 Å². The molecule has 7 nitrogen and oxygen atoms in total. The highest BCUT2D eigenvalue weighted by molar-refractivity contribution is 6.09. The van der Waals surface area contributed by atoms with Gasteiger partial charge in [-0.3, -0.25) is 14.9 Å². The zero-order valence-corrected chi connectivity index (χ0v) is 12.1. The zero-order valence-electron chi connectivity index (χ0n) is 12.1. The van der Waals surface area contributed by atoms with Crippen molar-refractivity contribution in [2.75, 3.05) is 13.2 Å². The number of benzene rings is 2. The number of ether oxygens (including phenoxy) is 1. The lowest BCUT2D eigenvalue weighted by Gasteiger charge is -2.10. The summed E-state index contributed by atoms with van der Waals surface area (Å²) in [5.74, 6) is 0.194. The molecule has 2 rings (SSSR count). The zero-order chi connectivity index (χ0) is 16.8. The summed E-state index contributed by atoms with van der Waals surface area (Å²) >= 11 is 0. The Balaban J connectivity index is 2.06. The van der Waals surface area contributed by atoms with E-state index in [1.54, 1.807) is 24.3 Å². The first-order valence-electron chi connectivity index (χ1n) is 6.82. The molecule has 120 valence electrons. The highest BCUT2D eigenvalue weighted by atomic mass is 16.6. The fraction of sp³-hybridized carbons (Fsp3) is 0.188. The molecule has 0 saturated heterocycles.